The molecule has 0 saturated carbocycles. The Hall–Kier alpha value is -3.48. The van der Waals surface area contributed by atoms with Gasteiger partial charge in [0.05, 0.1) is 22.3 Å². The van der Waals surface area contributed by atoms with Gasteiger partial charge in [0.2, 0.25) is 0 Å². The molecule has 0 aliphatic carbocycles. The molecule has 0 atom stereocenters. The van der Waals surface area contributed by atoms with Crippen LogP contribution in [0.15, 0.2) is 36.4 Å². The Balaban J connectivity index is 1.68. The van der Waals surface area contributed by atoms with Crippen molar-refractivity contribution in [3.63, 3.8) is 0 Å². The summed E-state index contributed by atoms with van der Waals surface area (Å²) in [6.07, 6.45) is 0. The van der Waals surface area contributed by atoms with Crippen molar-refractivity contribution in [3.8, 4) is 11.5 Å². The third kappa shape index (κ3) is 1.98. The first kappa shape index (κ1) is 13.2. The van der Waals surface area contributed by atoms with Crippen LogP contribution in [0.5, 0.6) is 11.5 Å². The van der Waals surface area contributed by atoms with Gasteiger partial charge in [-0.25, -0.2) is 0 Å². The first-order valence-electron chi connectivity index (χ1n) is 6.70. The first-order chi connectivity index (χ1) is 11.0. The van der Waals surface area contributed by atoms with Crippen LogP contribution < -0.4 is 15.4 Å². The molecule has 0 saturated heterocycles. The van der Waals surface area contributed by atoms with Crippen LogP contribution in [0.3, 0.4) is 0 Å². The van der Waals surface area contributed by atoms with E-state index >= 15 is 0 Å². The van der Waals surface area contributed by atoms with Crippen molar-refractivity contribution in [2.24, 2.45) is 0 Å². The predicted octanol–water partition coefficient (Wildman–Crippen LogP) is 1.25. The number of rotatable bonds is 2. The molecule has 2 heterocycles. The summed E-state index contributed by atoms with van der Waals surface area (Å²) in [6, 6.07) is 9.00. The topological polar surface area (TPSA) is 102 Å². The highest BCUT2D eigenvalue weighted by atomic mass is 16.5. The van der Waals surface area contributed by atoms with Crippen LogP contribution in [-0.4, -0.2) is 23.6 Å². The average molecular weight is 308 g/mol. The standard InChI is InChI=1S/C16H8N2O5/c19-13-9-3-1-7(5-11(9)15(21)17-13)23-8-2-4-10-12(6-8)16(22)18-14(10)20/h1-6H,(H,17,19,21)(H,18,20,22). The lowest BCUT2D eigenvalue weighted by Crippen LogP contribution is -2.19. The summed E-state index contributed by atoms with van der Waals surface area (Å²) in [5, 5.41) is 4.39. The quantitative estimate of drug-likeness (QED) is 0.813. The normalized spacial score (nSPS) is 15.1. The van der Waals surface area contributed by atoms with E-state index in [2.05, 4.69) is 10.6 Å². The fraction of sp³-hybridized carbons (Fsp3) is 0. The number of ether oxygens (including phenoxy) is 1. The molecule has 23 heavy (non-hydrogen) atoms. The van der Waals surface area contributed by atoms with E-state index in [0.717, 1.165) is 0 Å². The SMILES string of the molecule is O=C1NC(=O)c2cc(Oc3ccc4c(c3)C(=O)NC4=O)ccc21. The van der Waals surface area contributed by atoms with E-state index in [9.17, 15) is 19.2 Å². The zero-order valence-electron chi connectivity index (χ0n) is 11.5. The Kier molecular flexibility index (Phi) is 2.59. The van der Waals surface area contributed by atoms with E-state index in [1.165, 1.54) is 24.3 Å². The maximum Gasteiger partial charge on any atom is 0.259 e. The molecule has 2 aromatic rings. The molecule has 7 heteroatoms. The second-order valence-corrected chi connectivity index (χ2v) is 5.08. The Bertz CT molecular complexity index is 857. The number of hydrogen-bond acceptors (Lipinski definition) is 5. The van der Waals surface area contributed by atoms with Gasteiger partial charge in [-0.2, -0.15) is 0 Å². The van der Waals surface area contributed by atoms with E-state index in [-0.39, 0.29) is 11.1 Å². The van der Waals surface area contributed by atoms with Gasteiger partial charge in [0.1, 0.15) is 11.5 Å². The van der Waals surface area contributed by atoms with Crippen molar-refractivity contribution in [2.45, 2.75) is 0 Å². The van der Waals surface area contributed by atoms with Gasteiger partial charge in [-0.05, 0) is 36.4 Å². The molecular formula is C16H8N2O5. The number of nitrogens with one attached hydrogen (secondary N) is 2. The van der Waals surface area contributed by atoms with Gasteiger partial charge in [-0.3, -0.25) is 29.8 Å². The minimum absolute atomic E-state index is 0.238. The van der Waals surface area contributed by atoms with Crippen LogP contribution in [0.1, 0.15) is 41.4 Å². The van der Waals surface area contributed by atoms with Gasteiger partial charge in [0.15, 0.2) is 0 Å². The number of fused-ring (bicyclic) bond motifs is 2. The monoisotopic (exact) mass is 308 g/mol. The average Bonchev–Trinajstić information content (AvgIpc) is 2.96. The van der Waals surface area contributed by atoms with Crippen molar-refractivity contribution in [1.29, 1.82) is 0 Å². The molecule has 0 aromatic heterocycles. The van der Waals surface area contributed by atoms with Gasteiger partial charge in [0, 0.05) is 0 Å². The molecule has 0 unspecified atom stereocenters. The molecule has 4 rings (SSSR count). The van der Waals surface area contributed by atoms with Crippen molar-refractivity contribution in [3.05, 3.63) is 58.7 Å². The van der Waals surface area contributed by atoms with Crippen LogP contribution in [0.4, 0.5) is 0 Å². The highest BCUT2D eigenvalue weighted by Crippen LogP contribution is 2.28. The Morgan fingerprint density at radius 3 is 1.39 bits per heavy atom. The fourth-order valence-electron chi connectivity index (χ4n) is 2.56. The lowest BCUT2D eigenvalue weighted by Gasteiger charge is -2.07. The second kappa shape index (κ2) is 4.51. The fourth-order valence-corrected chi connectivity index (χ4v) is 2.56. The number of hydrogen-bond donors (Lipinski definition) is 2. The largest absolute Gasteiger partial charge is 0.457 e. The summed E-state index contributed by atoms with van der Waals surface area (Å²) in [5.74, 6) is -1.14. The van der Waals surface area contributed by atoms with Gasteiger partial charge >= 0.3 is 0 Å². The maximum atomic E-state index is 11.6. The third-order valence-electron chi connectivity index (χ3n) is 3.65. The molecule has 2 N–H and O–H groups in total. The van der Waals surface area contributed by atoms with Crippen LogP contribution >= 0.6 is 0 Å². The highest BCUT2D eigenvalue weighted by molar-refractivity contribution is 6.22. The number of imide groups is 2. The van der Waals surface area contributed by atoms with Crippen molar-refractivity contribution >= 4 is 23.6 Å². The van der Waals surface area contributed by atoms with Gasteiger partial charge in [-0.15, -0.1) is 0 Å². The number of benzene rings is 2. The second-order valence-electron chi connectivity index (χ2n) is 5.08. The lowest BCUT2D eigenvalue weighted by atomic mass is 10.1. The van der Waals surface area contributed by atoms with E-state index in [4.69, 9.17) is 4.74 Å². The molecule has 0 spiro atoms. The summed E-state index contributed by atoms with van der Waals surface area (Å²) >= 11 is 0. The minimum Gasteiger partial charge on any atom is -0.457 e. The van der Waals surface area contributed by atoms with Crippen molar-refractivity contribution in [2.75, 3.05) is 0 Å². The van der Waals surface area contributed by atoms with E-state index in [0.29, 0.717) is 22.6 Å². The third-order valence-corrected chi connectivity index (χ3v) is 3.65. The first-order valence-corrected chi connectivity index (χ1v) is 6.70. The molecule has 0 bridgehead atoms. The van der Waals surface area contributed by atoms with Crippen LogP contribution in [0, 0.1) is 0 Å². The smallest absolute Gasteiger partial charge is 0.259 e. The van der Waals surface area contributed by atoms with Crippen LogP contribution in [-0.2, 0) is 0 Å². The Morgan fingerprint density at radius 1 is 0.565 bits per heavy atom. The number of amides is 4. The van der Waals surface area contributed by atoms with E-state index in [1.54, 1.807) is 12.1 Å². The van der Waals surface area contributed by atoms with E-state index < -0.39 is 23.6 Å². The number of carbonyl (C=O) groups is 4. The molecule has 112 valence electrons. The molecule has 7 nitrogen and oxygen atoms in total. The zero-order chi connectivity index (χ0) is 16.1. The zero-order valence-corrected chi connectivity index (χ0v) is 11.5. The predicted molar refractivity (Wildman–Crippen MR) is 76.6 cm³/mol. The summed E-state index contributed by atoms with van der Waals surface area (Å²) in [4.78, 5) is 46.3. The van der Waals surface area contributed by atoms with Crippen LogP contribution in [0.25, 0.3) is 0 Å². The van der Waals surface area contributed by atoms with E-state index in [1.807, 2.05) is 0 Å². The van der Waals surface area contributed by atoms with Gasteiger partial charge in [0.25, 0.3) is 23.6 Å². The summed E-state index contributed by atoms with van der Waals surface area (Å²) < 4.78 is 5.61. The summed E-state index contributed by atoms with van der Waals surface area (Å²) in [7, 11) is 0. The number of carbonyl (C=O) groups excluding carboxylic acids is 4. The molecule has 0 fully saturated rings. The maximum absolute atomic E-state index is 11.6. The summed E-state index contributed by atoms with van der Waals surface area (Å²) in [6.45, 7) is 0. The van der Waals surface area contributed by atoms with Crippen molar-refractivity contribution in [1.82, 2.24) is 10.6 Å². The molecule has 2 aromatic carbocycles. The molecule has 4 amide bonds. The highest BCUT2D eigenvalue weighted by Gasteiger charge is 2.28. The van der Waals surface area contributed by atoms with Crippen molar-refractivity contribution < 1.29 is 23.9 Å². The molecular weight excluding hydrogens is 300 g/mol. The lowest BCUT2D eigenvalue weighted by molar-refractivity contribution is 0.0863. The molecule has 2 aliphatic rings. The van der Waals surface area contributed by atoms with Gasteiger partial charge < -0.3 is 4.74 Å². The van der Waals surface area contributed by atoms with Crippen LogP contribution in [0.2, 0.25) is 0 Å². The molecule has 2 aliphatic heterocycles. The Labute approximate surface area is 129 Å². The van der Waals surface area contributed by atoms with Gasteiger partial charge in [-0.1, -0.05) is 0 Å². The molecule has 0 radical (unpaired) electrons. The minimum atomic E-state index is -0.477. The Morgan fingerprint density at radius 2 is 0.957 bits per heavy atom. The summed E-state index contributed by atoms with van der Waals surface area (Å²) in [5.41, 5.74) is 1.06.